The van der Waals surface area contributed by atoms with E-state index >= 15 is 0 Å². The maximum absolute atomic E-state index is 12.7. The Balaban J connectivity index is 0.00000225. The molecule has 4 aromatic rings. The maximum atomic E-state index is 12.7. The van der Waals surface area contributed by atoms with Crippen LogP contribution in [0.1, 0.15) is 6.92 Å². The van der Waals surface area contributed by atoms with Gasteiger partial charge in [0.15, 0.2) is 0 Å². The number of fused-ring (bicyclic) bond motifs is 1. The van der Waals surface area contributed by atoms with Gasteiger partial charge in [-0.2, -0.15) is 0 Å². The summed E-state index contributed by atoms with van der Waals surface area (Å²) in [6.45, 7) is 2.76. The molecule has 0 N–H and O–H groups in total. The molecule has 138 valence electrons. The number of rotatable bonds is 5. The van der Waals surface area contributed by atoms with Crippen molar-refractivity contribution >= 4 is 26.7 Å². The molecule has 0 aliphatic carbocycles. The van der Waals surface area contributed by atoms with Gasteiger partial charge in [0, 0.05) is 31.6 Å². The van der Waals surface area contributed by atoms with Gasteiger partial charge in [-0.15, -0.1) is 0 Å². The normalized spacial score (nSPS) is 11.2. The molecule has 0 saturated carbocycles. The Labute approximate surface area is 177 Å². The molecule has 0 unspecified atom stereocenters. The zero-order valence-electron chi connectivity index (χ0n) is 15.5. The standard InChI is InChI=1S/C21H18N3O2S.Zn/c1-2-24-19-15-9-14-18(23-27(25,26)17-12-7-4-8-13-17)20(19)22-21(24)16-10-5-3-6-11-16;/h3-15H,2H2,1H3;/q-1;. The fraction of sp³-hybridized carbons (Fsp3) is 0.0952. The minimum atomic E-state index is -3.80. The van der Waals surface area contributed by atoms with Crippen molar-refractivity contribution in [2.24, 2.45) is 0 Å². The molecule has 7 heteroatoms. The Hall–Kier alpha value is -2.50. The van der Waals surface area contributed by atoms with Gasteiger partial charge in [0.1, 0.15) is 15.8 Å². The Morgan fingerprint density at radius 2 is 1.54 bits per heavy atom. The zero-order chi connectivity index (χ0) is 18.9. The van der Waals surface area contributed by atoms with Crippen LogP contribution < -0.4 is 0 Å². The summed E-state index contributed by atoms with van der Waals surface area (Å²) in [5, 5.41) is 0. The molecule has 0 saturated heterocycles. The van der Waals surface area contributed by atoms with E-state index in [-0.39, 0.29) is 24.4 Å². The monoisotopic (exact) mass is 440 g/mol. The molecule has 3 aromatic carbocycles. The zero-order valence-corrected chi connectivity index (χ0v) is 19.3. The average molecular weight is 442 g/mol. The van der Waals surface area contributed by atoms with E-state index in [9.17, 15) is 8.42 Å². The molecule has 4 rings (SSSR count). The van der Waals surface area contributed by atoms with Crippen molar-refractivity contribution in [1.82, 2.24) is 9.55 Å². The fourth-order valence-corrected chi connectivity index (χ4v) is 4.12. The van der Waals surface area contributed by atoms with Gasteiger partial charge in [-0.05, 0) is 25.1 Å². The smallest absolute Gasteiger partial charge is 0.141 e. The summed E-state index contributed by atoms with van der Waals surface area (Å²) in [7, 11) is -3.80. The largest absolute Gasteiger partial charge is 0.571 e. The predicted molar refractivity (Wildman–Crippen MR) is 107 cm³/mol. The minimum Gasteiger partial charge on any atom is -0.571 e. The van der Waals surface area contributed by atoms with Gasteiger partial charge >= 0.3 is 0 Å². The van der Waals surface area contributed by atoms with Crippen molar-refractivity contribution in [3.8, 4) is 11.4 Å². The summed E-state index contributed by atoms with van der Waals surface area (Å²) in [4.78, 5) is 4.90. The number of hydrogen-bond acceptors (Lipinski definition) is 3. The number of nitrogens with zero attached hydrogens (tertiary/aromatic N) is 3. The van der Waals surface area contributed by atoms with E-state index in [4.69, 9.17) is 4.98 Å². The molecule has 28 heavy (non-hydrogen) atoms. The minimum absolute atomic E-state index is 0. The van der Waals surface area contributed by atoms with Gasteiger partial charge < -0.3 is 9.29 Å². The van der Waals surface area contributed by atoms with E-state index < -0.39 is 10.0 Å². The van der Waals surface area contributed by atoms with Crippen LogP contribution in [0.15, 0.2) is 83.8 Å². The van der Waals surface area contributed by atoms with Crippen LogP contribution in [0.2, 0.25) is 0 Å². The first-order valence-corrected chi connectivity index (χ1v) is 10.1. The van der Waals surface area contributed by atoms with Crippen molar-refractivity contribution in [3.63, 3.8) is 0 Å². The quantitative estimate of drug-likeness (QED) is 0.404. The third-order valence-corrected chi connectivity index (χ3v) is 5.67. The fourth-order valence-electron chi connectivity index (χ4n) is 3.11. The third-order valence-electron chi connectivity index (χ3n) is 4.37. The summed E-state index contributed by atoms with van der Waals surface area (Å²) < 4.78 is 31.5. The van der Waals surface area contributed by atoms with Crippen LogP contribution in [0.5, 0.6) is 0 Å². The van der Waals surface area contributed by atoms with Crippen molar-refractivity contribution in [3.05, 3.63) is 83.6 Å². The topological polar surface area (TPSA) is 66.1 Å². The summed E-state index contributed by atoms with van der Waals surface area (Å²) >= 11 is 0. The molecule has 0 radical (unpaired) electrons. The van der Waals surface area contributed by atoms with E-state index in [2.05, 4.69) is 9.29 Å². The molecule has 0 atom stereocenters. The van der Waals surface area contributed by atoms with Crippen LogP contribution in [0.3, 0.4) is 0 Å². The average Bonchev–Trinajstić information content (AvgIpc) is 3.09. The maximum Gasteiger partial charge on any atom is 0.141 e. The molecule has 5 nitrogen and oxygen atoms in total. The molecular formula is C21H18N3O2SZn-. The molecule has 0 amide bonds. The summed E-state index contributed by atoms with van der Waals surface area (Å²) in [5.74, 6) is 0.799. The number of aryl methyl sites for hydroxylation is 1. The Morgan fingerprint density at radius 3 is 2.18 bits per heavy atom. The number of hydrogen-bond donors (Lipinski definition) is 0. The van der Waals surface area contributed by atoms with Gasteiger partial charge in [0.2, 0.25) is 0 Å². The van der Waals surface area contributed by atoms with E-state index in [1.165, 1.54) is 0 Å². The van der Waals surface area contributed by atoms with Gasteiger partial charge in [-0.1, -0.05) is 66.4 Å². The Bertz CT molecular complexity index is 1190. The van der Waals surface area contributed by atoms with Crippen LogP contribution in [0, 0.1) is 0 Å². The van der Waals surface area contributed by atoms with Gasteiger partial charge in [-0.25, -0.2) is 13.4 Å². The molecule has 0 aliphatic rings. The molecule has 1 heterocycles. The number of imidazole rings is 1. The van der Waals surface area contributed by atoms with Crippen LogP contribution in [-0.2, 0) is 36.0 Å². The first-order chi connectivity index (χ1) is 13.1. The second-order valence-corrected chi connectivity index (χ2v) is 7.67. The summed E-state index contributed by atoms with van der Waals surface area (Å²) in [5.41, 5.74) is 2.77. The van der Waals surface area contributed by atoms with E-state index in [0.717, 1.165) is 23.4 Å². The number of para-hydroxylation sites is 1. The van der Waals surface area contributed by atoms with Gasteiger partial charge in [-0.3, -0.25) is 0 Å². The van der Waals surface area contributed by atoms with Crippen molar-refractivity contribution < 1.29 is 27.9 Å². The third kappa shape index (κ3) is 3.73. The van der Waals surface area contributed by atoms with Crippen LogP contribution in [0.25, 0.3) is 27.1 Å². The number of aromatic nitrogens is 2. The Kier molecular flexibility index (Phi) is 5.97. The number of sulfonamides is 1. The van der Waals surface area contributed by atoms with Crippen molar-refractivity contribution in [1.29, 1.82) is 0 Å². The van der Waals surface area contributed by atoms with Crippen LogP contribution in [0.4, 0.5) is 5.69 Å². The van der Waals surface area contributed by atoms with E-state index in [1.807, 2.05) is 49.4 Å². The summed E-state index contributed by atoms with van der Waals surface area (Å²) in [6, 6.07) is 23.5. The second-order valence-electron chi connectivity index (χ2n) is 6.07. The second kappa shape index (κ2) is 8.25. The van der Waals surface area contributed by atoms with Crippen LogP contribution in [-0.4, -0.2) is 18.0 Å². The molecule has 0 spiro atoms. The molecular weight excluding hydrogens is 424 g/mol. The van der Waals surface area contributed by atoms with Crippen molar-refractivity contribution in [2.45, 2.75) is 18.4 Å². The first-order valence-electron chi connectivity index (χ1n) is 8.68. The van der Waals surface area contributed by atoms with Gasteiger partial charge in [0.25, 0.3) is 0 Å². The Morgan fingerprint density at radius 1 is 0.893 bits per heavy atom. The summed E-state index contributed by atoms with van der Waals surface area (Å²) in [6.07, 6.45) is 0. The SMILES string of the molecule is CCn1c(-c2ccccc2)nc2c([N-]S(=O)(=O)c3ccccc3)cccc21.[Zn]. The first kappa shape index (κ1) is 20.2. The molecule has 0 fully saturated rings. The molecule has 0 bridgehead atoms. The molecule has 1 aromatic heterocycles. The van der Waals surface area contributed by atoms with E-state index in [0.29, 0.717) is 11.2 Å². The van der Waals surface area contributed by atoms with Crippen LogP contribution >= 0.6 is 0 Å². The molecule has 0 aliphatic heterocycles. The van der Waals surface area contributed by atoms with Gasteiger partial charge in [0.05, 0.1) is 15.9 Å². The van der Waals surface area contributed by atoms with E-state index in [1.54, 1.807) is 36.4 Å². The number of benzene rings is 3. The predicted octanol–water partition coefficient (Wildman–Crippen LogP) is 5.11. The van der Waals surface area contributed by atoms with Crippen molar-refractivity contribution in [2.75, 3.05) is 0 Å².